The number of H-pyrrole nitrogens is 1. The van der Waals surface area contributed by atoms with Gasteiger partial charge in [-0.15, -0.1) is 11.3 Å². The number of imidazole rings is 1. The first kappa shape index (κ1) is 17.9. The molecule has 3 aromatic rings. The Hall–Kier alpha value is -2.45. The van der Waals surface area contributed by atoms with E-state index in [0.29, 0.717) is 5.13 Å². The number of piperidine rings is 1. The molecular weight excluding hydrogens is 362 g/mol. The number of carbonyl (C=O) groups excluding carboxylic acids is 1. The van der Waals surface area contributed by atoms with Gasteiger partial charge in [0, 0.05) is 30.7 Å². The van der Waals surface area contributed by atoms with Crippen molar-refractivity contribution in [3.63, 3.8) is 0 Å². The van der Waals surface area contributed by atoms with Crippen LogP contribution >= 0.6 is 11.3 Å². The predicted octanol–water partition coefficient (Wildman–Crippen LogP) is 2.84. The number of aromatic amines is 1. The summed E-state index contributed by atoms with van der Waals surface area (Å²) in [6, 6.07) is 7.78. The summed E-state index contributed by atoms with van der Waals surface area (Å²) in [5.41, 5.74) is 1.77. The first-order valence-electron chi connectivity index (χ1n) is 9.31. The van der Waals surface area contributed by atoms with E-state index in [-0.39, 0.29) is 23.7 Å². The van der Waals surface area contributed by atoms with Crippen molar-refractivity contribution in [2.24, 2.45) is 0 Å². The number of anilines is 1. The maximum absolute atomic E-state index is 12.6. The molecule has 1 saturated heterocycles. The average Bonchev–Trinajstić information content (AvgIpc) is 3.29. The van der Waals surface area contributed by atoms with Crippen LogP contribution in [0, 0.1) is 0 Å². The molecule has 7 nitrogen and oxygen atoms in total. The van der Waals surface area contributed by atoms with Gasteiger partial charge in [-0.2, -0.15) is 0 Å². The molecule has 1 atom stereocenters. The number of nitrogens with one attached hydrogen (secondary N) is 2. The van der Waals surface area contributed by atoms with Gasteiger partial charge in [-0.25, -0.2) is 9.78 Å². The number of thiazole rings is 1. The largest absolute Gasteiger partial charge is 0.326 e. The maximum atomic E-state index is 12.6. The van der Waals surface area contributed by atoms with E-state index in [9.17, 15) is 9.59 Å². The third-order valence-corrected chi connectivity index (χ3v) is 5.97. The smallest absolute Gasteiger partial charge is 0.306 e. The number of benzene rings is 1. The van der Waals surface area contributed by atoms with E-state index in [4.69, 9.17) is 0 Å². The first-order chi connectivity index (χ1) is 13.2. The zero-order chi connectivity index (χ0) is 18.8. The molecule has 2 N–H and O–H groups in total. The third-order valence-electron chi connectivity index (χ3n) is 5.28. The fourth-order valence-electron chi connectivity index (χ4n) is 3.98. The van der Waals surface area contributed by atoms with Gasteiger partial charge >= 0.3 is 5.69 Å². The molecule has 0 spiro atoms. The van der Waals surface area contributed by atoms with Gasteiger partial charge in [-0.3, -0.25) is 14.3 Å². The van der Waals surface area contributed by atoms with E-state index in [0.717, 1.165) is 43.4 Å². The van der Waals surface area contributed by atoms with Gasteiger partial charge in [0.25, 0.3) is 0 Å². The molecule has 0 unspecified atom stereocenters. The number of hydrogen-bond acceptors (Lipinski definition) is 5. The number of rotatable bonds is 5. The van der Waals surface area contributed by atoms with E-state index < -0.39 is 0 Å². The van der Waals surface area contributed by atoms with Crippen LogP contribution in [0.4, 0.5) is 5.13 Å². The zero-order valence-electron chi connectivity index (χ0n) is 15.2. The normalized spacial score (nSPS) is 17.2. The van der Waals surface area contributed by atoms with Gasteiger partial charge in [0.15, 0.2) is 5.13 Å². The summed E-state index contributed by atoms with van der Waals surface area (Å²) in [5, 5.41) is 5.39. The van der Waals surface area contributed by atoms with Crippen LogP contribution in [-0.2, 0) is 4.79 Å². The second-order valence-electron chi connectivity index (χ2n) is 6.84. The fraction of sp³-hybridized carbons (Fsp3) is 0.421. The molecule has 1 aliphatic rings. The Bertz CT molecular complexity index is 970. The number of likely N-dealkylation sites (tertiary alicyclic amines) is 1. The van der Waals surface area contributed by atoms with Crippen LogP contribution in [0.25, 0.3) is 11.0 Å². The number of hydrogen-bond donors (Lipinski definition) is 2. The van der Waals surface area contributed by atoms with Crippen molar-refractivity contribution in [1.82, 2.24) is 19.4 Å². The van der Waals surface area contributed by atoms with Crippen molar-refractivity contribution in [2.75, 3.05) is 18.4 Å². The lowest BCUT2D eigenvalue weighted by Gasteiger charge is -2.36. The minimum Gasteiger partial charge on any atom is -0.306 e. The second-order valence-corrected chi connectivity index (χ2v) is 7.73. The lowest BCUT2D eigenvalue weighted by molar-refractivity contribution is -0.122. The topological polar surface area (TPSA) is 83.0 Å². The van der Waals surface area contributed by atoms with Gasteiger partial charge < -0.3 is 10.3 Å². The molecule has 8 heteroatoms. The second kappa shape index (κ2) is 7.66. The average molecular weight is 385 g/mol. The van der Waals surface area contributed by atoms with Crippen molar-refractivity contribution in [3.8, 4) is 0 Å². The summed E-state index contributed by atoms with van der Waals surface area (Å²) < 4.78 is 1.88. The summed E-state index contributed by atoms with van der Waals surface area (Å²) in [5.74, 6) is -0.00448. The molecule has 3 heterocycles. The number of carbonyl (C=O) groups is 1. The standard InChI is InChI=1S/C19H23N5O2S/c1-2-15(17(25)22-18-20-9-12-27-18)23-10-7-13(8-11-23)24-16-6-4-3-5-14(16)21-19(24)26/h3-6,9,12-13,15H,2,7-8,10-11H2,1H3,(H,21,26)(H,20,22,25)/t15-/m0/s1. The number of para-hydroxylation sites is 2. The lowest BCUT2D eigenvalue weighted by Crippen LogP contribution is -2.48. The van der Waals surface area contributed by atoms with Crippen LogP contribution in [0.15, 0.2) is 40.6 Å². The summed E-state index contributed by atoms with van der Waals surface area (Å²) in [4.78, 5) is 34.3. The maximum Gasteiger partial charge on any atom is 0.326 e. The predicted molar refractivity (Wildman–Crippen MR) is 107 cm³/mol. The summed E-state index contributed by atoms with van der Waals surface area (Å²) in [6.07, 6.45) is 4.13. The molecule has 0 radical (unpaired) electrons. The third kappa shape index (κ3) is 3.54. The molecule has 27 heavy (non-hydrogen) atoms. The molecule has 142 valence electrons. The van der Waals surface area contributed by atoms with Crippen molar-refractivity contribution < 1.29 is 4.79 Å². The molecule has 0 bridgehead atoms. The van der Waals surface area contributed by atoms with Crippen LogP contribution in [0.5, 0.6) is 0 Å². The van der Waals surface area contributed by atoms with Crippen molar-refractivity contribution in [2.45, 2.75) is 38.3 Å². The number of amides is 1. The Morgan fingerprint density at radius 1 is 1.37 bits per heavy atom. The quantitative estimate of drug-likeness (QED) is 0.707. The van der Waals surface area contributed by atoms with Crippen molar-refractivity contribution >= 4 is 33.4 Å². The molecule has 1 aliphatic heterocycles. The molecule has 1 amide bonds. The minimum absolute atomic E-state index is 0.00448. The molecule has 0 aliphatic carbocycles. The van der Waals surface area contributed by atoms with Crippen LogP contribution in [0.2, 0.25) is 0 Å². The Kier molecular flexibility index (Phi) is 5.09. The van der Waals surface area contributed by atoms with Crippen LogP contribution in [0.3, 0.4) is 0 Å². The number of fused-ring (bicyclic) bond motifs is 1. The number of aromatic nitrogens is 3. The molecular formula is C19H23N5O2S. The highest BCUT2D eigenvalue weighted by Crippen LogP contribution is 2.26. The highest BCUT2D eigenvalue weighted by molar-refractivity contribution is 7.13. The molecule has 2 aromatic heterocycles. The summed E-state index contributed by atoms with van der Waals surface area (Å²) in [6.45, 7) is 3.61. The van der Waals surface area contributed by atoms with Gasteiger partial charge in [-0.05, 0) is 31.4 Å². The summed E-state index contributed by atoms with van der Waals surface area (Å²) in [7, 11) is 0. The van der Waals surface area contributed by atoms with E-state index in [1.165, 1.54) is 11.3 Å². The Morgan fingerprint density at radius 3 is 2.85 bits per heavy atom. The highest BCUT2D eigenvalue weighted by atomic mass is 32.1. The summed E-state index contributed by atoms with van der Waals surface area (Å²) >= 11 is 1.42. The molecule has 4 rings (SSSR count). The van der Waals surface area contributed by atoms with Crippen molar-refractivity contribution in [3.05, 3.63) is 46.3 Å². The highest BCUT2D eigenvalue weighted by Gasteiger charge is 2.30. The first-order valence-corrected chi connectivity index (χ1v) is 10.2. The lowest BCUT2D eigenvalue weighted by atomic mass is 10.0. The van der Waals surface area contributed by atoms with Crippen LogP contribution < -0.4 is 11.0 Å². The van der Waals surface area contributed by atoms with Gasteiger partial charge in [-0.1, -0.05) is 19.1 Å². The molecule has 1 aromatic carbocycles. The van der Waals surface area contributed by atoms with E-state index >= 15 is 0 Å². The monoisotopic (exact) mass is 385 g/mol. The van der Waals surface area contributed by atoms with Gasteiger partial charge in [0.1, 0.15) is 0 Å². The Balaban J connectivity index is 1.45. The molecule has 0 saturated carbocycles. The zero-order valence-corrected chi connectivity index (χ0v) is 16.0. The van der Waals surface area contributed by atoms with Gasteiger partial charge in [0.05, 0.1) is 17.1 Å². The fourth-order valence-corrected chi connectivity index (χ4v) is 4.51. The van der Waals surface area contributed by atoms with Crippen LogP contribution in [0.1, 0.15) is 32.2 Å². The number of nitrogens with zero attached hydrogens (tertiary/aromatic N) is 3. The minimum atomic E-state index is -0.172. The van der Waals surface area contributed by atoms with Crippen molar-refractivity contribution in [1.29, 1.82) is 0 Å². The van der Waals surface area contributed by atoms with Crippen LogP contribution in [-0.4, -0.2) is 44.5 Å². The van der Waals surface area contributed by atoms with E-state index in [2.05, 4.69) is 20.2 Å². The van der Waals surface area contributed by atoms with Gasteiger partial charge in [0.2, 0.25) is 5.91 Å². The SMILES string of the molecule is CC[C@@H](C(=O)Nc1nccs1)N1CCC(n2c(=O)[nH]c3ccccc32)CC1. The van der Waals surface area contributed by atoms with E-state index in [1.807, 2.05) is 41.1 Å². The van der Waals surface area contributed by atoms with E-state index in [1.54, 1.807) is 6.20 Å². The Morgan fingerprint density at radius 2 is 2.15 bits per heavy atom. The molecule has 1 fully saturated rings. The Labute approximate surface area is 161 Å².